The first-order chi connectivity index (χ1) is 12.7. The van der Waals surface area contributed by atoms with Gasteiger partial charge in [0.15, 0.2) is 0 Å². The molecule has 2 N–H and O–H groups in total. The SMILES string of the molecule is O=C(NC1CC[NH+](Cc2ccccc2)CC1)c1sc2ccccc2c1Cl.[Cl-]. The summed E-state index contributed by atoms with van der Waals surface area (Å²) in [7, 11) is 0. The minimum Gasteiger partial charge on any atom is -1.00 e. The Labute approximate surface area is 174 Å². The van der Waals surface area contributed by atoms with E-state index in [1.807, 2.05) is 24.3 Å². The number of carbonyl (C=O) groups is 1. The highest BCUT2D eigenvalue weighted by Gasteiger charge is 2.25. The van der Waals surface area contributed by atoms with Crippen LogP contribution in [0.4, 0.5) is 0 Å². The number of hydrogen-bond donors (Lipinski definition) is 2. The van der Waals surface area contributed by atoms with Gasteiger partial charge in [0.2, 0.25) is 0 Å². The van der Waals surface area contributed by atoms with Gasteiger partial charge in [0.25, 0.3) is 5.91 Å². The molecule has 4 rings (SSSR count). The summed E-state index contributed by atoms with van der Waals surface area (Å²) in [5.74, 6) is -0.0345. The molecule has 0 atom stereocenters. The summed E-state index contributed by atoms with van der Waals surface area (Å²) in [6.07, 6.45) is 2.02. The molecular formula is C21H22Cl2N2OS. The van der Waals surface area contributed by atoms with Gasteiger partial charge in [-0.05, 0) is 6.07 Å². The van der Waals surface area contributed by atoms with E-state index in [1.54, 1.807) is 4.90 Å². The normalized spacial score (nSPS) is 19.4. The summed E-state index contributed by atoms with van der Waals surface area (Å²) in [5, 5.41) is 4.74. The Kier molecular flexibility index (Phi) is 6.77. The molecule has 0 spiro atoms. The zero-order valence-electron chi connectivity index (χ0n) is 14.9. The van der Waals surface area contributed by atoms with Crippen molar-refractivity contribution in [2.45, 2.75) is 25.4 Å². The Bertz CT molecular complexity index is 905. The second-order valence-electron chi connectivity index (χ2n) is 6.90. The number of thiophene rings is 1. The van der Waals surface area contributed by atoms with Crippen LogP contribution in [0, 0.1) is 0 Å². The highest BCUT2D eigenvalue weighted by Crippen LogP contribution is 2.35. The van der Waals surface area contributed by atoms with Crippen molar-refractivity contribution in [1.82, 2.24) is 5.32 Å². The molecule has 0 bridgehead atoms. The molecule has 142 valence electrons. The first kappa shape index (κ1) is 20.2. The molecule has 1 amide bonds. The molecule has 0 radical (unpaired) electrons. The molecule has 3 aromatic rings. The largest absolute Gasteiger partial charge is 1.00 e. The van der Waals surface area contributed by atoms with Gasteiger partial charge in [0, 0.05) is 34.5 Å². The number of rotatable bonds is 4. The van der Waals surface area contributed by atoms with Crippen LogP contribution in [0.2, 0.25) is 5.02 Å². The lowest BCUT2D eigenvalue weighted by Gasteiger charge is -2.29. The van der Waals surface area contributed by atoms with Crippen LogP contribution in [0.3, 0.4) is 0 Å². The third-order valence-corrected chi connectivity index (χ3v) is 6.74. The van der Waals surface area contributed by atoms with E-state index >= 15 is 0 Å². The molecule has 1 aromatic heterocycles. The zero-order valence-corrected chi connectivity index (χ0v) is 17.2. The van der Waals surface area contributed by atoms with E-state index < -0.39 is 0 Å². The first-order valence-electron chi connectivity index (χ1n) is 9.06. The average molecular weight is 421 g/mol. The van der Waals surface area contributed by atoms with Crippen molar-refractivity contribution >= 4 is 38.9 Å². The molecule has 2 heterocycles. The monoisotopic (exact) mass is 420 g/mol. The minimum absolute atomic E-state index is 0. The lowest BCUT2D eigenvalue weighted by atomic mass is 10.0. The number of carbonyl (C=O) groups excluding carboxylic acids is 1. The van der Waals surface area contributed by atoms with E-state index in [0.29, 0.717) is 9.90 Å². The van der Waals surface area contributed by atoms with Crippen molar-refractivity contribution in [3.63, 3.8) is 0 Å². The Morgan fingerprint density at radius 2 is 1.74 bits per heavy atom. The van der Waals surface area contributed by atoms with Crippen LogP contribution >= 0.6 is 22.9 Å². The summed E-state index contributed by atoms with van der Waals surface area (Å²) in [4.78, 5) is 14.9. The van der Waals surface area contributed by atoms with Gasteiger partial charge >= 0.3 is 0 Å². The molecule has 1 aliphatic rings. The van der Waals surface area contributed by atoms with E-state index in [4.69, 9.17) is 11.6 Å². The van der Waals surface area contributed by atoms with Crippen molar-refractivity contribution < 1.29 is 22.1 Å². The van der Waals surface area contributed by atoms with Gasteiger partial charge in [-0.1, -0.05) is 60.1 Å². The summed E-state index contributed by atoms with van der Waals surface area (Å²) in [5.41, 5.74) is 1.38. The quantitative estimate of drug-likeness (QED) is 0.634. The smallest absolute Gasteiger partial charge is 0.263 e. The topological polar surface area (TPSA) is 33.5 Å². The van der Waals surface area contributed by atoms with Crippen LogP contribution in [0.25, 0.3) is 10.1 Å². The number of amides is 1. The summed E-state index contributed by atoms with van der Waals surface area (Å²) in [6, 6.07) is 18.8. The van der Waals surface area contributed by atoms with Crippen LogP contribution < -0.4 is 22.6 Å². The van der Waals surface area contributed by atoms with Gasteiger partial charge in [-0.2, -0.15) is 0 Å². The fourth-order valence-electron chi connectivity index (χ4n) is 3.64. The minimum atomic E-state index is -0.0345. The summed E-state index contributed by atoms with van der Waals surface area (Å²) >= 11 is 7.90. The van der Waals surface area contributed by atoms with Gasteiger partial charge in [-0.25, -0.2) is 0 Å². The van der Waals surface area contributed by atoms with Crippen molar-refractivity contribution in [2.75, 3.05) is 13.1 Å². The molecule has 1 saturated heterocycles. The first-order valence-corrected chi connectivity index (χ1v) is 10.3. The number of benzene rings is 2. The predicted molar refractivity (Wildman–Crippen MR) is 108 cm³/mol. The second-order valence-corrected chi connectivity index (χ2v) is 8.33. The van der Waals surface area contributed by atoms with Gasteiger partial charge in [0.05, 0.1) is 18.1 Å². The van der Waals surface area contributed by atoms with Crippen LogP contribution in [-0.4, -0.2) is 25.0 Å². The van der Waals surface area contributed by atoms with Gasteiger partial charge in [-0.3, -0.25) is 4.79 Å². The van der Waals surface area contributed by atoms with E-state index in [9.17, 15) is 4.79 Å². The van der Waals surface area contributed by atoms with E-state index in [-0.39, 0.29) is 24.4 Å². The molecule has 2 aromatic carbocycles. The number of likely N-dealkylation sites (tertiary alicyclic amines) is 1. The molecule has 1 fully saturated rings. The Hall–Kier alpha value is -1.59. The zero-order chi connectivity index (χ0) is 17.9. The molecule has 6 heteroatoms. The molecule has 3 nitrogen and oxygen atoms in total. The number of hydrogen-bond acceptors (Lipinski definition) is 2. The Morgan fingerprint density at radius 1 is 1.07 bits per heavy atom. The van der Waals surface area contributed by atoms with Gasteiger partial charge in [0.1, 0.15) is 11.4 Å². The third-order valence-electron chi connectivity index (χ3n) is 5.07. The van der Waals surface area contributed by atoms with Crippen LogP contribution in [-0.2, 0) is 6.54 Å². The molecule has 1 aliphatic heterocycles. The number of nitrogens with one attached hydrogen (secondary N) is 2. The number of piperidine rings is 1. The second kappa shape index (κ2) is 9.07. The Balaban J connectivity index is 0.00000210. The van der Waals surface area contributed by atoms with Crippen LogP contribution in [0.1, 0.15) is 28.1 Å². The lowest BCUT2D eigenvalue weighted by Crippen LogP contribution is -3.12. The molecule has 27 heavy (non-hydrogen) atoms. The van der Waals surface area contributed by atoms with Gasteiger partial charge in [-0.15, -0.1) is 11.3 Å². The van der Waals surface area contributed by atoms with E-state index in [1.165, 1.54) is 16.9 Å². The summed E-state index contributed by atoms with van der Waals surface area (Å²) in [6.45, 7) is 3.23. The highest BCUT2D eigenvalue weighted by atomic mass is 35.5. The summed E-state index contributed by atoms with van der Waals surface area (Å²) < 4.78 is 1.06. The average Bonchev–Trinajstić information content (AvgIpc) is 3.01. The van der Waals surface area contributed by atoms with Crippen molar-refractivity contribution in [1.29, 1.82) is 0 Å². The maximum Gasteiger partial charge on any atom is 0.263 e. The molecule has 0 aliphatic carbocycles. The fraction of sp³-hybridized carbons (Fsp3) is 0.286. The van der Waals surface area contributed by atoms with E-state index in [0.717, 1.165) is 42.6 Å². The lowest BCUT2D eigenvalue weighted by molar-refractivity contribution is -0.918. The predicted octanol–water partition coefficient (Wildman–Crippen LogP) is 0.536. The van der Waals surface area contributed by atoms with Crippen LogP contribution in [0.15, 0.2) is 54.6 Å². The molecule has 0 unspecified atom stereocenters. The number of fused-ring (bicyclic) bond motifs is 1. The Morgan fingerprint density at radius 3 is 2.44 bits per heavy atom. The molecular weight excluding hydrogens is 399 g/mol. The maximum atomic E-state index is 12.7. The fourth-order valence-corrected chi connectivity index (χ4v) is 5.06. The maximum absolute atomic E-state index is 12.7. The number of quaternary nitrogens is 1. The van der Waals surface area contributed by atoms with Crippen molar-refractivity contribution in [3.05, 3.63) is 70.1 Å². The highest BCUT2D eigenvalue weighted by molar-refractivity contribution is 7.21. The number of halogens is 2. The third kappa shape index (κ3) is 4.64. The standard InChI is InChI=1S/C21H21ClN2OS.ClH/c22-19-17-8-4-5-9-18(17)26-20(19)21(25)23-16-10-12-24(13-11-16)14-15-6-2-1-3-7-15;/h1-9,16H,10-14H2,(H,23,25);1H. The van der Waals surface area contributed by atoms with Crippen molar-refractivity contribution in [2.24, 2.45) is 0 Å². The van der Waals surface area contributed by atoms with Gasteiger partial charge < -0.3 is 22.6 Å². The van der Waals surface area contributed by atoms with E-state index in [2.05, 4.69) is 35.6 Å². The van der Waals surface area contributed by atoms with Crippen LogP contribution in [0.5, 0.6) is 0 Å². The van der Waals surface area contributed by atoms with Crippen molar-refractivity contribution in [3.8, 4) is 0 Å². The molecule has 0 saturated carbocycles.